The lowest BCUT2D eigenvalue weighted by Gasteiger charge is -2.44. The van der Waals surface area contributed by atoms with Crippen LogP contribution >= 0.6 is 0 Å². The molecule has 0 aromatic rings. The molecule has 3 saturated carbocycles. The highest BCUT2D eigenvalue weighted by Gasteiger charge is 2.50. The summed E-state index contributed by atoms with van der Waals surface area (Å²) in [6.45, 7) is 14.9. The van der Waals surface area contributed by atoms with Gasteiger partial charge in [-0.05, 0) is 85.7 Å². The maximum absolute atomic E-state index is 10.6. The van der Waals surface area contributed by atoms with Crippen LogP contribution in [0.5, 0.6) is 0 Å². The first-order valence-electron chi connectivity index (χ1n) is 12.3. The van der Waals surface area contributed by atoms with Crippen molar-refractivity contribution in [3.63, 3.8) is 0 Å². The lowest BCUT2D eigenvalue weighted by molar-refractivity contribution is 0.0607. The quantitative estimate of drug-likeness (QED) is 0.490. The maximum atomic E-state index is 10.6. The van der Waals surface area contributed by atoms with Gasteiger partial charge in [-0.15, -0.1) is 0 Å². The van der Waals surface area contributed by atoms with Gasteiger partial charge < -0.3 is 15.3 Å². The Morgan fingerprint density at radius 3 is 2.55 bits per heavy atom. The number of aliphatic hydroxyl groups is 3. The highest BCUT2D eigenvalue weighted by atomic mass is 16.3. The minimum atomic E-state index is -0.755. The molecule has 0 aromatic heterocycles. The summed E-state index contributed by atoms with van der Waals surface area (Å²) in [6.07, 6.45) is 14.6. The average Bonchev–Trinajstić information content (AvgIpc) is 3.05. The molecule has 3 aliphatic rings. The SMILES string of the molecule is C=C1C(=CC=C2CCC[C@@]3(C)C2CC[C@@H]3[C@H](C)C=C[C@@](C)(O)C(C)C)C[C@@H](O)C[C@H]1O. The fourth-order valence-corrected chi connectivity index (χ4v) is 6.28. The Hall–Kier alpha value is -1.16. The van der Waals surface area contributed by atoms with Crippen LogP contribution in [0.2, 0.25) is 0 Å². The summed E-state index contributed by atoms with van der Waals surface area (Å²) in [4.78, 5) is 0. The Bertz CT molecular complexity index is 756. The average molecular weight is 429 g/mol. The van der Waals surface area contributed by atoms with Gasteiger partial charge in [-0.25, -0.2) is 0 Å². The van der Waals surface area contributed by atoms with Gasteiger partial charge in [0.05, 0.1) is 17.8 Å². The standard InChI is InChI=1S/C28H44O3/c1-18(2)28(6,31)15-13-19(3)24-11-12-25-21(8-7-14-27(24,25)5)9-10-22-16-23(29)17-26(30)20(22)4/h9-10,13,15,18-19,23-26,29-31H,4,7-8,11-12,14,16-17H2,1-3,5-6H3/t19-,23-,24-,25?,26-,27-,28-/m1/s1. The topological polar surface area (TPSA) is 60.7 Å². The summed E-state index contributed by atoms with van der Waals surface area (Å²) in [5, 5.41) is 30.8. The predicted molar refractivity (Wildman–Crippen MR) is 128 cm³/mol. The third kappa shape index (κ3) is 5.10. The molecule has 3 aliphatic carbocycles. The molecule has 3 N–H and O–H groups in total. The molecule has 3 nitrogen and oxygen atoms in total. The van der Waals surface area contributed by atoms with Crippen LogP contribution in [0.15, 0.2) is 47.6 Å². The van der Waals surface area contributed by atoms with Crippen molar-refractivity contribution in [2.45, 2.75) is 97.4 Å². The molecule has 0 amide bonds. The first kappa shape index (κ1) is 24.5. The van der Waals surface area contributed by atoms with Crippen LogP contribution in [0.1, 0.15) is 79.6 Å². The largest absolute Gasteiger partial charge is 0.393 e. The van der Waals surface area contributed by atoms with Crippen LogP contribution < -0.4 is 0 Å². The molecule has 3 rings (SSSR count). The molecule has 174 valence electrons. The zero-order valence-electron chi connectivity index (χ0n) is 20.3. The molecular weight excluding hydrogens is 384 g/mol. The van der Waals surface area contributed by atoms with Gasteiger partial charge in [0.2, 0.25) is 0 Å². The number of hydrogen-bond donors (Lipinski definition) is 3. The van der Waals surface area contributed by atoms with Gasteiger partial charge in [0.25, 0.3) is 0 Å². The Labute approximate surface area is 189 Å². The summed E-state index contributed by atoms with van der Waals surface area (Å²) in [5.41, 5.74) is 2.82. The Morgan fingerprint density at radius 1 is 1.16 bits per heavy atom. The molecule has 0 aliphatic heterocycles. The summed E-state index contributed by atoms with van der Waals surface area (Å²) >= 11 is 0. The normalized spacial score (nSPS) is 40.0. The Morgan fingerprint density at radius 2 is 1.87 bits per heavy atom. The molecule has 0 heterocycles. The van der Waals surface area contributed by atoms with Crippen molar-refractivity contribution in [1.29, 1.82) is 0 Å². The molecule has 0 radical (unpaired) electrons. The zero-order valence-corrected chi connectivity index (χ0v) is 20.3. The number of fused-ring (bicyclic) bond motifs is 1. The highest BCUT2D eigenvalue weighted by molar-refractivity contribution is 5.38. The van der Waals surface area contributed by atoms with Crippen molar-refractivity contribution < 1.29 is 15.3 Å². The number of aliphatic hydroxyl groups excluding tert-OH is 2. The van der Waals surface area contributed by atoms with Gasteiger partial charge in [-0.3, -0.25) is 0 Å². The van der Waals surface area contributed by atoms with Gasteiger partial charge in [-0.1, -0.05) is 64.2 Å². The summed E-state index contributed by atoms with van der Waals surface area (Å²) in [7, 11) is 0. The van der Waals surface area contributed by atoms with Crippen LogP contribution in [0.3, 0.4) is 0 Å². The lowest BCUT2D eigenvalue weighted by Crippen LogP contribution is -2.36. The van der Waals surface area contributed by atoms with E-state index in [1.807, 2.05) is 13.0 Å². The van der Waals surface area contributed by atoms with Crippen molar-refractivity contribution in [2.75, 3.05) is 0 Å². The number of hydrogen-bond acceptors (Lipinski definition) is 3. The van der Waals surface area contributed by atoms with Gasteiger partial charge in [0.15, 0.2) is 0 Å². The van der Waals surface area contributed by atoms with E-state index in [9.17, 15) is 15.3 Å². The van der Waals surface area contributed by atoms with Gasteiger partial charge in [-0.2, -0.15) is 0 Å². The maximum Gasteiger partial charge on any atom is 0.0822 e. The molecule has 3 fully saturated rings. The molecule has 0 saturated heterocycles. The fraction of sp³-hybridized carbons (Fsp3) is 0.714. The van der Waals surface area contributed by atoms with E-state index in [0.717, 1.165) is 17.6 Å². The van der Waals surface area contributed by atoms with E-state index in [-0.39, 0.29) is 5.92 Å². The fourth-order valence-electron chi connectivity index (χ4n) is 6.28. The highest BCUT2D eigenvalue weighted by Crippen LogP contribution is 2.59. The van der Waals surface area contributed by atoms with Crippen LogP contribution in [0.4, 0.5) is 0 Å². The van der Waals surface area contributed by atoms with E-state index in [1.54, 1.807) is 0 Å². The number of rotatable bonds is 5. The number of allylic oxidation sites excluding steroid dienone is 4. The van der Waals surface area contributed by atoms with Gasteiger partial charge >= 0.3 is 0 Å². The molecule has 7 atom stereocenters. The van der Waals surface area contributed by atoms with Gasteiger partial charge in [0, 0.05) is 6.42 Å². The monoisotopic (exact) mass is 428 g/mol. The van der Waals surface area contributed by atoms with E-state index in [1.165, 1.54) is 31.3 Å². The van der Waals surface area contributed by atoms with E-state index >= 15 is 0 Å². The van der Waals surface area contributed by atoms with E-state index in [0.29, 0.717) is 36.0 Å². The van der Waals surface area contributed by atoms with Crippen LogP contribution in [0, 0.1) is 29.1 Å². The third-order valence-electron chi connectivity index (χ3n) is 8.84. The first-order valence-corrected chi connectivity index (χ1v) is 12.3. The van der Waals surface area contributed by atoms with Crippen molar-refractivity contribution in [2.24, 2.45) is 29.1 Å². The Kier molecular flexibility index (Phi) is 7.40. The lowest BCUT2D eigenvalue weighted by atomic mass is 9.61. The smallest absolute Gasteiger partial charge is 0.0822 e. The molecule has 31 heavy (non-hydrogen) atoms. The second-order valence-corrected chi connectivity index (χ2v) is 11.3. The van der Waals surface area contributed by atoms with E-state index in [2.05, 4.69) is 52.5 Å². The molecule has 0 aromatic carbocycles. The van der Waals surface area contributed by atoms with Crippen LogP contribution in [-0.2, 0) is 0 Å². The first-order chi connectivity index (χ1) is 14.5. The third-order valence-corrected chi connectivity index (χ3v) is 8.84. The Balaban J connectivity index is 1.78. The van der Waals surface area contributed by atoms with Crippen molar-refractivity contribution in [3.8, 4) is 0 Å². The zero-order chi connectivity index (χ0) is 23.0. The second kappa shape index (κ2) is 9.37. The molecule has 0 spiro atoms. The molecular formula is C28H44O3. The van der Waals surface area contributed by atoms with E-state index < -0.39 is 17.8 Å². The van der Waals surface area contributed by atoms with Crippen LogP contribution in [0.25, 0.3) is 0 Å². The molecule has 1 unspecified atom stereocenters. The summed E-state index contributed by atoms with van der Waals surface area (Å²) in [5.74, 6) is 1.87. The minimum Gasteiger partial charge on any atom is -0.393 e. The van der Waals surface area contributed by atoms with Crippen molar-refractivity contribution in [3.05, 3.63) is 47.6 Å². The van der Waals surface area contributed by atoms with Gasteiger partial charge in [0.1, 0.15) is 0 Å². The van der Waals surface area contributed by atoms with Crippen molar-refractivity contribution >= 4 is 0 Å². The predicted octanol–water partition coefficient (Wildman–Crippen LogP) is 5.73. The summed E-state index contributed by atoms with van der Waals surface area (Å²) in [6, 6.07) is 0. The molecule has 0 bridgehead atoms. The van der Waals surface area contributed by atoms with Crippen molar-refractivity contribution in [1.82, 2.24) is 0 Å². The summed E-state index contributed by atoms with van der Waals surface area (Å²) < 4.78 is 0. The minimum absolute atomic E-state index is 0.201. The van der Waals surface area contributed by atoms with E-state index in [4.69, 9.17) is 0 Å². The second-order valence-electron chi connectivity index (χ2n) is 11.3. The van der Waals surface area contributed by atoms with Crippen LogP contribution in [-0.4, -0.2) is 33.1 Å². The molecule has 3 heteroatoms.